The molecule has 0 fully saturated rings. The summed E-state index contributed by atoms with van der Waals surface area (Å²) >= 11 is 2.75. The van der Waals surface area contributed by atoms with Gasteiger partial charge in [0, 0.05) is 11.8 Å². The molecular formula is C15H16N2O5S2. The molecule has 0 aliphatic carbocycles. The van der Waals surface area contributed by atoms with E-state index >= 15 is 0 Å². The number of rotatable bonds is 8. The maximum absolute atomic E-state index is 11.7. The Kier molecular flexibility index (Phi) is 6.89. The van der Waals surface area contributed by atoms with Crippen LogP contribution >= 0.6 is 22.7 Å². The van der Waals surface area contributed by atoms with Crippen LogP contribution in [0.3, 0.4) is 0 Å². The van der Waals surface area contributed by atoms with Crippen LogP contribution in [-0.2, 0) is 36.7 Å². The number of nitrogens with one attached hydrogen (secondary N) is 1. The standard InChI is InChI=1S/C15H16N2O5S2/c1-21-14(20)6-11-9-24-15(16-11)17-12(18)7-22-13(19)3-2-10-4-5-23-8-10/h4-5,8-9H,2-3,6-7H2,1H3,(H,16,17,18). The van der Waals surface area contributed by atoms with Crippen molar-refractivity contribution in [2.24, 2.45) is 0 Å². The molecule has 24 heavy (non-hydrogen) atoms. The lowest BCUT2D eigenvalue weighted by molar-refractivity contribution is -0.147. The van der Waals surface area contributed by atoms with E-state index in [9.17, 15) is 14.4 Å². The molecule has 7 nitrogen and oxygen atoms in total. The van der Waals surface area contributed by atoms with Gasteiger partial charge in [-0.15, -0.1) is 11.3 Å². The summed E-state index contributed by atoms with van der Waals surface area (Å²) in [5.74, 6) is -1.31. The van der Waals surface area contributed by atoms with Crippen molar-refractivity contribution < 1.29 is 23.9 Å². The van der Waals surface area contributed by atoms with E-state index in [1.54, 1.807) is 16.7 Å². The van der Waals surface area contributed by atoms with Gasteiger partial charge >= 0.3 is 11.9 Å². The van der Waals surface area contributed by atoms with Crippen LogP contribution in [-0.4, -0.2) is 36.5 Å². The van der Waals surface area contributed by atoms with Crippen LogP contribution in [0.2, 0.25) is 0 Å². The lowest BCUT2D eigenvalue weighted by Crippen LogP contribution is -2.21. The summed E-state index contributed by atoms with van der Waals surface area (Å²) in [6.45, 7) is -0.367. The zero-order chi connectivity index (χ0) is 17.4. The van der Waals surface area contributed by atoms with Crippen LogP contribution < -0.4 is 5.32 Å². The van der Waals surface area contributed by atoms with E-state index in [-0.39, 0.29) is 19.4 Å². The minimum absolute atomic E-state index is 0.0421. The van der Waals surface area contributed by atoms with Crippen LogP contribution in [0.5, 0.6) is 0 Å². The number of carbonyl (C=O) groups excluding carboxylic acids is 3. The molecule has 2 aromatic heterocycles. The quantitative estimate of drug-likeness (QED) is 0.717. The summed E-state index contributed by atoms with van der Waals surface area (Å²) in [5, 5.41) is 8.42. The van der Waals surface area contributed by atoms with E-state index < -0.39 is 17.8 Å². The summed E-state index contributed by atoms with van der Waals surface area (Å²) in [6, 6.07) is 1.94. The van der Waals surface area contributed by atoms with Crippen LogP contribution in [0, 0.1) is 0 Å². The minimum atomic E-state index is -0.474. The van der Waals surface area contributed by atoms with E-state index in [0.717, 1.165) is 5.56 Å². The minimum Gasteiger partial charge on any atom is -0.469 e. The number of nitrogens with zero attached hydrogens (tertiary/aromatic N) is 1. The normalized spacial score (nSPS) is 10.2. The summed E-state index contributed by atoms with van der Waals surface area (Å²) in [5.41, 5.74) is 1.58. The average Bonchev–Trinajstić information content (AvgIpc) is 3.23. The van der Waals surface area contributed by atoms with E-state index in [2.05, 4.69) is 15.0 Å². The monoisotopic (exact) mass is 368 g/mol. The molecule has 0 aromatic carbocycles. The second kappa shape index (κ2) is 9.14. The number of amides is 1. The molecule has 0 aliphatic rings. The summed E-state index contributed by atoms with van der Waals surface area (Å²) in [6.07, 6.45) is 0.859. The maximum atomic E-state index is 11.7. The first kappa shape index (κ1) is 18.1. The predicted molar refractivity (Wildman–Crippen MR) is 90.1 cm³/mol. The first-order valence-corrected chi connectivity index (χ1v) is 8.87. The number of esters is 2. The highest BCUT2D eigenvalue weighted by molar-refractivity contribution is 7.14. The van der Waals surface area contributed by atoms with Crippen molar-refractivity contribution in [2.75, 3.05) is 19.0 Å². The number of aromatic nitrogens is 1. The summed E-state index contributed by atoms with van der Waals surface area (Å²) < 4.78 is 9.46. The Morgan fingerprint density at radius 3 is 2.79 bits per heavy atom. The number of anilines is 1. The van der Waals surface area contributed by atoms with Crippen molar-refractivity contribution in [1.82, 2.24) is 4.98 Å². The number of thiophene rings is 1. The summed E-state index contributed by atoms with van der Waals surface area (Å²) in [7, 11) is 1.30. The highest BCUT2D eigenvalue weighted by Gasteiger charge is 2.12. The molecule has 0 unspecified atom stereocenters. The van der Waals surface area contributed by atoms with Gasteiger partial charge in [0.1, 0.15) is 0 Å². The number of methoxy groups -OCH3 is 1. The van der Waals surface area contributed by atoms with Gasteiger partial charge in [0.2, 0.25) is 0 Å². The Morgan fingerprint density at radius 1 is 1.25 bits per heavy atom. The second-order valence-electron chi connectivity index (χ2n) is 4.74. The van der Waals surface area contributed by atoms with E-state index in [1.807, 2.05) is 16.8 Å². The third kappa shape index (κ3) is 6.09. The third-order valence-electron chi connectivity index (χ3n) is 2.91. The molecule has 1 amide bonds. The van der Waals surface area contributed by atoms with Gasteiger partial charge in [0.15, 0.2) is 11.7 Å². The first-order chi connectivity index (χ1) is 11.6. The molecule has 0 bridgehead atoms. The fourth-order valence-electron chi connectivity index (χ4n) is 1.72. The number of ether oxygens (including phenoxy) is 2. The molecule has 2 rings (SSSR count). The van der Waals surface area contributed by atoms with Crippen LogP contribution in [0.15, 0.2) is 22.2 Å². The molecular weight excluding hydrogens is 352 g/mol. The van der Waals surface area contributed by atoms with Gasteiger partial charge in [-0.1, -0.05) is 0 Å². The van der Waals surface area contributed by atoms with Gasteiger partial charge in [-0.25, -0.2) is 4.98 Å². The fraction of sp³-hybridized carbons (Fsp3) is 0.333. The fourth-order valence-corrected chi connectivity index (χ4v) is 3.15. The van der Waals surface area contributed by atoms with Crippen molar-refractivity contribution in [3.63, 3.8) is 0 Å². The molecule has 0 aliphatic heterocycles. The molecule has 2 aromatic rings. The molecule has 9 heteroatoms. The van der Waals surface area contributed by atoms with Crippen molar-refractivity contribution in [2.45, 2.75) is 19.3 Å². The van der Waals surface area contributed by atoms with Crippen molar-refractivity contribution in [1.29, 1.82) is 0 Å². The van der Waals surface area contributed by atoms with Crippen molar-refractivity contribution >= 4 is 45.7 Å². The molecule has 0 saturated carbocycles. The lowest BCUT2D eigenvalue weighted by Gasteiger charge is -2.04. The third-order valence-corrected chi connectivity index (χ3v) is 4.45. The molecule has 0 atom stereocenters. The van der Waals surface area contributed by atoms with Gasteiger partial charge in [0.25, 0.3) is 5.91 Å². The number of aryl methyl sites for hydroxylation is 1. The Morgan fingerprint density at radius 2 is 2.08 bits per heavy atom. The zero-order valence-electron chi connectivity index (χ0n) is 12.9. The van der Waals surface area contributed by atoms with E-state index in [0.29, 0.717) is 17.2 Å². The van der Waals surface area contributed by atoms with Gasteiger partial charge < -0.3 is 9.47 Å². The zero-order valence-corrected chi connectivity index (χ0v) is 14.6. The highest BCUT2D eigenvalue weighted by atomic mass is 32.1. The topological polar surface area (TPSA) is 94.6 Å². The molecule has 128 valence electrons. The average molecular weight is 368 g/mol. The Hall–Kier alpha value is -2.26. The van der Waals surface area contributed by atoms with Gasteiger partial charge in [-0.3, -0.25) is 19.7 Å². The Balaban J connectivity index is 1.69. The van der Waals surface area contributed by atoms with Gasteiger partial charge in [0.05, 0.1) is 19.2 Å². The molecule has 1 N–H and O–H groups in total. The van der Waals surface area contributed by atoms with Crippen LogP contribution in [0.25, 0.3) is 0 Å². The smallest absolute Gasteiger partial charge is 0.311 e. The van der Waals surface area contributed by atoms with E-state index in [4.69, 9.17) is 4.74 Å². The van der Waals surface area contributed by atoms with Gasteiger partial charge in [-0.2, -0.15) is 11.3 Å². The van der Waals surface area contributed by atoms with Gasteiger partial charge in [-0.05, 0) is 28.8 Å². The van der Waals surface area contributed by atoms with Crippen molar-refractivity contribution in [3.05, 3.63) is 33.5 Å². The first-order valence-electron chi connectivity index (χ1n) is 7.04. The second-order valence-corrected chi connectivity index (χ2v) is 6.38. The highest BCUT2D eigenvalue weighted by Crippen LogP contribution is 2.16. The molecule has 2 heterocycles. The molecule has 0 spiro atoms. The lowest BCUT2D eigenvalue weighted by atomic mass is 10.2. The Bertz CT molecular complexity index is 697. The molecule has 0 radical (unpaired) electrons. The van der Waals surface area contributed by atoms with Crippen LogP contribution in [0.4, 0.5) is 5.13 Å². The van der Waals surface area contributed by atoms with E-state index in [1.165, 1.54) is 18.4 Å². The Labute approximate surface area is 146 Å². The number of hydrogen-bond donors (Lipinski definition) is 1. The number of carbonyl (C=O) groups is 3. The maximum Gasteiger partial charge on any atom is 0.311 e. The molecule has 0 saturated heterocycles. The number of hydrogen-bond acceptors (Lipinski definition) is 8. The number of thiazole rings is 1. The summed E-state index contributed by atoms with van der Waals surface area (Å²) in [4.78, 5) is 38.5. The largest absolute Gasteiger partial charge is 0.469 e. The van der Waals surface area contributed by atoms with Crippen molar-refractivity contribution in [3.8, 4) is 0 Å². The SMILES string of the molecule is COC(=O)Cc1csc(NC(=O)COC(=O)CCc2ccsc2)n1. The van der Waals surface area contributed by atoms with Crippen LogP contribution in [0.1, 0.15) is 17.7 Å². The predicted octanol–water partition coefficient (Wildman–Crippen LogP) is 2.03.